The molecule has 4 aromatic carbocycles. The van der Waals surface area contributed by atoms with Gasteiger partial charge in [0.1, 0.15) is 0 Å². The van der Waals surface area contributed by atoms with E-state index in [1.54, 1.807) is 0 Å². The molecule has 0 saturated heterocycles. The molecule has 0 bridgehead atoms. The van der Waals surface area contributed by atoms with Gasteiger partial charge in [0.2, 0.25) is 0 Å². The first-order valence-electron chi connectivity index (χ1n) is 14.0. The molecule has 6 heteroatoms. The molecule has 204 valence electrons. The molecule has 0 aliphatic carbocycles. The van der Waals surface area contributed by atoms with Gasteiger partial charge in [0.25, 0.3) is 0 Å². The Morgan fingerprint density at radius 1 is 0.381 bits per heavy atom. The Hall–Kier alpha value is -5.49. The fourth-order valence-electron chi connectivity index (χ4n) is 5.41. The maximum absolute atomic E-state index is 4.73. The van der Waals surface area contributed by atoms with Crippen LogP contribution in [0.4, 0.5) is 0 Å². The monoisotopic (exact) mass is 546 g/mol. The number of rotatable bonds is 6. The molecule has 0 radical (unpaired) electrons. The van der Waals surface area contributed by atoms with Gasteiger partial charge in [0.15, 0.2) is 0 Å². The van der Waals surface area contributed by atoms with Crippen molar-refractivity contribution in [3.05, 3.63) is 126 Å². The smallest absolute Gasteiger partial charge is 0.0934 e. The number of nitrogens with zero attached hydrogens (tertiary/aromatic N) is 3. The zero-order chi connectivity index (χ0) is 28.6. The van der Waals surface area contributed by atoms with Crippen molar-refractivity contribution in [1.29, 1.82) is 0 Å². The van der Waals surface area contributed by atoms with Crippen LogP contribution in [0, 0.1) is 20.8 Å². The highest BCUT2D eigenvalue weighted by Crippen LogP contribution is 2.37. The van der Waals surface area contributed by atoms with Crippen molar-refractivity contribution in [1.82, 2.24) is 30.6 Å². The molecule has 3 heterocycles. The summed E-state index contributed by atoms with van der Waals surface area (Å²) in [6, 6.07) is 37.9. The van der Waals surface area contributed by atoms with Crippen LogP contribution >= 0.6 is 0 Å². The molecule has 7 rings (SSSR count). The van der Waals surface area contributed by atoms with Crippen molar-refractivity contribution in [3.8, 4) is 67.5 Å². The van der Waals surface area contributed by atoms with E-state index in [1.807, 2.05) is 0 Å². The number of benzene rings is 4. The van der Waals surface area contributed by atoms with E-state index in [2.05, 4.69) is 155 Å². The fraction of sp³-hybridized carbons (Fsp3) is 0.0833. The Balaban J connectivity index is 1.32. The molecule has 42 heavy (non-hydrogen) atoms. The number of H-pyrrole nitrogens is 3. The molecule has 0 amide bonds. The van der Waals surface area contributed by atoms with Gasteiger partial charge in [-0.1, -0.05) is 83.4 Å². The van der Waals surface area contributed by atoms with E-state index in [1.165, 1.54) is 16.7 Å². The van der Waals surface area contributed by atoms with Crippen LogP contribution in [-0.4, -0.2) is 30.6 Å². The van der Waals surface area contributed by atoms with Crippen LogP contribution in [0.15, 0.2) is 109 Å². The van der Waals surface area contributed by atoms with Gasteiger partial charge in [-0.2, -0.15) is 15.3 Å². The minimum Gasteiger partial charge on any atom is -0.277 e. The Bertz CT molecular complexity index is 2040. The van der Waals surface area contributed by atoms with Crippen molar-refractivity contribution < 1.29 is 0 Å². The highest BCUT2D eigenvalue weighted by Gasteiger charge is 2.17. The van der Waals surface area contributed by atoms with Gasteiger partial charge in [0.05, 0.1) is 34.2 Å². The van der Waals surface area contributed by atoms with E-state index < -0.39 is 0 Å². The lowest BCUT2D eigenvalue weighted by atomic mass is 9.96. The van der Waals surface area contributed by atoms with Gasteiger partial charge in [-0.25, -0.2) is 0 Å². The van der Waals surface area contributed by atoms with E-state index in [0.29, 0.717) is 0 Å². The molecular weight excluding hydrogens is 516 g/mol. The van der Waals surface area contributed by atoms with Gasteiger partial charge in [-0.05, 0) is 68.8 Å². The minimum absolute atomic E-state index is 0.866. The van der Waals surface area contributed by atoms with E-state index in [-0.39, 0.29) is 0 Å². The summed E-state index contributed by atoms with van der Waals surface area (Å²) < 4.78 is 0. The lowest BCUT2D eigenvalue weighted by Crippen LogP contribution is -1.89. The predicted molar refractivity (Wildman–Crippen MR) is 170 cm³/mol. The first-order chi connectivity index (χ1) is 20.5. The Labute approximate surface area is 244 Å². The summed E-state index contributed by atoms with van der Waals surface area (Å²) in [6.45, 7) is 6.29. The third-order valence-electron chi connectivity index (χ3n) is 7.59. The molecule has 0 aliphatic rings. The zero-order valence-corrected chi connectivity index (χ0v) is 23.7. The van der Waals surface area contributed by atoms with Gasteiger partial charge in [0, 0.05) is 27.8 Å². The largest absolute Gasteiger partial charge is 0.277 e. The fourth-order valence-corrected chi connectivity index (χ4v) is 5.41. The Morgan fingerprint density at radius 2 is 0.833 bits per heavy atom. The number of aryl methyl sites for hydroxylation is 3. The van der Waals surface area contributed by atoms with Gasteiger partial charge in [-0.3, -0.25) is 15.3 Å². The van der Waals surface area contributed by atoms with Gasteiger partial charge < -0.3 is 0 Å². The minimum atomic E-state index is 0.866. The lowest BCUT2D eigenvalue weighted by Gasteiger charge is -2.08. The van der Waals surface area contributed by atoms with Gasteiger partial charge >= 0.3 is 0 Å². The topological polar surface area (TPSA) is 86.0 Å². The molecule has 0 atom stereocenters. The highest BCUT2D eigenvalue weighted by molar-refractivity contribution is 5.86. The van der Waals surface area contributed by atoms with Crippen LogP contribution in [0.25, 0.3) is 67.5 Å². The van der Waals surface area contributed by atoms with Crippen LogP contribution in [0.2, 0.25) is 0 Å². The van der Waals surface area contributed by atoms with Crippen molar-refractivity contribution in [2.24, 2.45) is 0 Å². The zero-order valence-electron chi connectivity index (χ0n) is 23.7. The second-order valence-corrected chi connectivity index (χ2v) is 10.9. The van der Waals surface area contributed by atoms with Crippen molar-refractivity contribution in [2.75, 3.05) is 0 Å². The molecule has 0 unspecified atom stereocenters. The van der Waals surface area contributed by atoms with Crippen LogP contribution in [0.5, 0.6) is 0 Å². The van der Waals surface area contributed by atoms with Crippen LogP contribution in [0.1, 0.15) is 16.7 Å². The molecule has 7 aromatic rings. The average Bonchev–Trinajstić information content (AvgIpc) is 3.78. The third kappa shape index (κ3) is 4.95. The Kier molecular flexibility index (Phi) is 6.36. The van der Waals surface area contributed by atoms with E-state index in [0.717, 1.165) is 67.5 Å². The number of aromatic amines is 3. The molecule has 0 aliphatic heterocycles. The normalized spacial score (nSPS) is 11.2. The average molecular weight is 547 g/mol. The quantitative estimate of drug-likeness (QED) is 0.195. The highest BCUT2D eigenvalue weighted by atomic mass is 15.1. The third-order valence-corrected chi connectivity index (χ3v) is 7.59. The predicted octanol–water partition coefficient (Wildman–Crippen LogP) is 8.78. The first kappa shape index (κ1) is 25.5. The number of nitrogens with one attached hydrogen (secondary N) is 3. The molecule has 3 aromatic heterocycles. The number of hydrogen-bond acceptors (Lipinski definition) is 3. The van der Waals surface area contributed by atoms with Crippen LogP contribution < -0.4 is 0 Å². The second-order valence-electron chi connectivity index (χ2n) is 10.9. The number of aromatic nitrogens is 6. The van der Waals surface area contributed by atoms with E-state index in [9.17, 15) is 0 Å². The molecule has 0 fully saturated rings. The molecular formula is C36H30N6. The maximum atomic E-state index is 4.73. The van der Waals surface area contributed by atoms with Crippen LogP contribution in [-0.2, 0) is 0 Å². The lowest BCUT2D eigenvalue weighted by molar-refractivity contribution is 1.09. The van der Waals surface area contributed by atoms with E-state index in [4.69, 9.17) is 5.10 Å². The van der Waals surface area contributed by atoms with Crippen molar-refractivity contribution in [3.63, 3.8) is 0 Å². The summed E-state index contributed by atoms with van der Waals surface area (Å²) >= 11 is 0. The number of hydrogen-bond donors (Lipinski definition) is 3. The second kappa shape index (κ2) is 10.5. The summed E-state index contributed by atoms with van der Waals surface area (Å²) in [5, 5.41) is 23.8. The molecule has 6 nitrogen and oxygen atoms in total. The first-order valence-corrected chi connectivity index (χ1v) is 14.0. The molecule has 0 saturated carbocycles. The summed E-state index contributed by atoms with van der Waals surface area (Å²) in [4.78, 5) is 0. The molecule has 3 N–H and O–H groups in total. The standard InChI is InChI=1S/C36H30N6/c1-22-7-4-10-25(15-22)31-19-32(38-37-31)28-13-14-29(35-20-33(39-41-35)26-11-5-8-23(2)16-26)30(18-28)36-21-34(40-42-36)27-12-6-9-24(3)17-27/h4-21H,1-3H3,(H,37,38)(H,39,41)(H,40,42). The Morgan fingerprint density at radius 3 is 1.43 bits per heavy atom. The summed E-state index contributed by atoms with van der Waals surface area (Å²) in [6.07, 6.45) is 0. The summed E-state index contributed by atoms with van der Waals surface area (Å²) in [5.41, 5.74) is 15.4. The molecule has 0 spiro atoms. The van der Waals surface area contributed by atoms with Crippen LogP contribution in [0.3, 0.4) is 0 Å². The maximum Gasteiger partial charge on any atom is 0.0934 e. The van der Waals surface area contributed by atoms with E-state index >= 15 is 0 Å². The van der Waals surface area contributed by atoms with Crippen molar-refractivity contribution >= 4 is 0 Å². The summed E-state index contributed by atoms with van der Waals surface area (Å²) in [7, 11) is 0. The SMILES string of the molecule is Cc1cccc(-c2cc(-c3ccc(-c4cc(-c5cccc(C)c5)[nH]n4)c(-c4cc(-c5cccc(C)c5)n[nH]4)c3)[nH]n2)c1. The van der Waals surface area contributed by atoms with Crippen molar-refractivity contribution in [2.45, 2.75) is 20.8 Å². The van der Waals surface area contributed by atoms with Gasteiger partial charge in [-0.15, -0.1) is 0 Å². The summed E-state index contributed by atoms with van der Waals surface area (Å²) in [5.74, 6) is 0.